The lowest BCUT2D eigenvalue weighted by molar-refractivity contribution is 0.0797. The zero-order valence-corrected chi connectivity index (χ0v) is 15.5. The van der Waals surface area contributed by atoms with Crippen LogP contribution in [0.2, 0.25) is 0 Å². The molecule has 1 aromatic carbocycles. The quantitative estimate of drug-likeness (QED) is 0.589. The Labute approximate surface area is 155 Å². The van der Waals surface area contributed by atoms with Crippen LogP contribution >= 0.6 is 0 Å². The Bertz CT molecular complexity index is 672. The van der Waals surface area contributed by atoms with Gasteiger partial charge in [-0.05, 0) is 31.0 Å². The molecule has 0 aliphatic rings. The number of halogens is 1. The third-order valence-corrected chi connectivity index (χ3v) is 4.39. The predicted molar refractivity (Wildman–Crippen MR) is 103 cm³/mol. The molecule has 0 spiro atoms. The first-order chi connectivity index (χ1) is 12.6. The molecular weight excluding hydrogens is 331 g/mol. The largest absolute Gasteiger partial charge is 0.392 e. The highest BCUT2D eigenvalue weighted by molar-refractivity contribution is 5.19. The molecular formula is C21H29FN2O2. The summed E-state index contributed by atoms with van der Waals surface area (Å²) < 4.78 is 21.2. The topological polar surface area (TPSA) is 37.6 Å². The van der Waals surface area contributed by atoms with Crippen LogP contribution < -0.4 is 0 Å². The highest BCUT2D eigenvalue weighted by atomic mass is 19.1. The summed E-state index contributed by atoms with van der Waals surface area (Å²) in [5.74, 6) is -0.191. The van der Waals surface area contributed by atoms with Gasteiger partial charge in [0.1, 0.15) is 5.82 Å². The van der Waals surface area contributed by atoms with E-state index in [1.165, 1.54) is 6.07 Å². The van der Waals surface area contributed by atoms with E-state index in [-0.39, 0.29) is 5.82 Å². The lowest BCUT2D eigenvalue weighted by atomic mass is 10.2. The number of allylic oxidation sites excluding steroid dienone is 1. The molecule has 0 bridgehead atoms. The van der Waals surface area contributed by atoms with Crippen molar-refractivity contribution in [3.05, 3.63) is 72.3 Å². The van der Waals surface area contributed by atoms with Gasteiger partial charge < -0.3 is 14.4 Å². The molecule has 0 aliphatic carbocycles. The second kappa shape index (κ2) is 10.9. The molecule has 0 radical (unpaired) electrons. The molecule has 1 atom stereocenters. The fourth-order valence-electron chi connectivity index (χ4n) is 2.94. The number of nitrogens with zero attached hydrogens (tertiary/aromatic N) is 2. The maximum absolute atomic E-state index is 14.0. The second-order valence-electron chi connectivity index (χ2n) is 6.47. The van der Waals surface area contributed by atoms with E-state index >= 15 is 0 Å². The van der Waals surface area contributed by atoms with Gasteiger partial charge >= 0.3 is 0 Å². The third kappa shape index (κ3) is 6.41. The summed E-state index contributed by atoms with van der Waals surface area (Å²) in [6.45, 7) is 6.77. The zero-order chi connectivity index (χ0) is 18.8. The van der Waals surface area contributed by atoms with Gasteiger partial charge in [0.2, 0.25) is 0 Å². The molecule has 1 heterocycles. The van der Waals surface area contributed by atoms with Gasteiger partial charge in [-0.15, -0.1) is 6.58 Å². The number of hydrogen-bond acceptors (Lipinski definition) is 3. The van der Waals surface area contributed by atoms with Crippen molar-refractivity contribution < 1.29 is 14.2 Å². The van der Waals surface area contributed by atoms with Gasteiger partial charge in [-0.2, -0.15) is 0 Å². The van der Waals surface area contributed by atoms with Crippen molar-refractivity contribution in [2.75, 3.05) is 26.8 Å². The maximum Gasteiger partial charge on any atom is 0.128 e. The summed E-state index contributed by atoms with van der Waals surface area (Å²) in [5, 5.41) is 10.2. The Kier molecular flexibility index (Phi) is 8.54. The van der Waals surface area contributed by atoms with Gasteiger partial charge in [0.15, 0.2) is 0 Å². The molecule has 1 N–H and O–H groups in total. The number of benzene rings is 1. The van der Waals surface area contributed by atoms with Crippen LogP contribution in [0.1, 0.15) is 24.1 Å². The van der Waals surface area contributed by atoms with E-state index in [1.54, 1.807) is 19.2 Å². The Hall–Kier alpha value is -1.95. The highest BCUT2D eigenvalue weighted by Crippen LogP contribution is 2.14. The number of rotatable bonds is 12. The van der Waals surface area contributed by atoms with Crippen molar-refractivity contribution in [1.82, 2.24) is 9.47 Å². The van der Waals surface area contributed by atoms with Gasteiger partial charge in [0, 0.05) is 44.2 Å². The number of aliphatic hydroxyl groups excluding tert-OH is 1. The van der Waals surface area contributed by atoms with Crippen molar-refractivity contribution in [2.24, 2.45) is 0 Å². The average molecular weight is 360 g/mol. The fraction of sp³-hybridized carbons (Fsp3) is 0.429. The molecule has 26 heavy (non-hydrogen) atoms. The average Bonchev–Trinajstić information content (AvgIpc) is 3.06. The first-order valence-corrected chi connectivity index (χ1v) is 9.01. The Morgan fingerprint density at radius 3 is 2.85 bits per heavy atom. The first kappa shape index (κ1) is 20.4. The van der Waals surface area contributed by atoms with Crippen molar-refractivity contribution in [3.63, 3.8) is 0 Å². The summed E-state index contributed by atoms with van der Waals surface area (Å²) in [4.78, 5) is 2.17. The van der Waals surface area contributed by atoms with E-state index in [0.717, 1.165) is 18.7 Å². The fourth-order valence-corrected chi connectivity index (χ4v) is 2.94. The summed E-state index contributed by atoms with van der Waals surface area (Å²) in [7, 11) is 1.67. The van der Waals surface area contributed by atoms with E-state index in [4.69, 9.17) is 4.74 Å². The van der Waals surface area contributed by atoms with E-state index < -0.39 is 6.10 Å². The minimum absolute atomic E-state index is 0.191. The molecule has 2 rings (SSSR count). The van der Waals surface area contributed by atoms with E-state index in [0.29, 0.717) is 38.2 Å². The van der Waals surface area contributed by atoms with Crippen molar-refractivity contribution >= 4 is 0 Å². The summed E-state index contributed by atoms with van der Waals surface area (Å²) in [5.41, 5.74) is 1.75. The standard InChI is InChI=1S/C21H29FN2O2/c1-3-4-10-20(25)17-23(13-14-26-2)16-19-9-7-12-24(19)15-18-8-5-6-11-21(18)22/h3,5-9,11-12,20,25H,1,4,10,13-17H2,2H3/t20-/m0/s1. The number of methoxy groups -OCH3 is 1. The monoisotopic (exact) mass is 360 g/mol. The van der Waals surface area contributed by atoms with E-state index in [9.17, 15) is 9.50 Å². The van der Waals surface area contributed by atoms with Crippen molar-refractivity contribution in [1.29, 1.82) is 0 Å². The van der Waals surface area contributed by atoms with Crippen LogP contribution in [0.3, 0.4) is 0 Å². The zero-order valence-electron chi connectivity index (χ0n) is 15.5. The minimum atomic E-state index is -0.403. The normalized spacial score (nSPS) is 12.5. The molecule has 2 aromatic rings. The smallest absolute Gasteiger partial charge is 0.128 e. The Morgan fingerprint density at radius 2 is 2.12 bits per heavy atom. The lowest BCUT2D eigenvalue weighted by Crippen LogP contribution is -2.35. The molecule has 0 aliphatic heterocycles. The van der Waals surface area contributed by atoms with Gasteiger partial charge in [0.25, 0.3) is 0 Å². The van der Waals surface area contributed by atoms with Gasteiger partial charge in [-0.25, -0.2) is 4.39 Å². The minimum Gasteiger partial charge on any atom is -0.392 e. The summed E-state index contributed by atoms with van der Waals surface area (Å²) in [6, 6.07) is 10.9. The van der Waals surface area contributed by atoms with Crippen LogP contribution in [-0.4, -0.2) is 47.5 Å². The van der Waals surface area contributed by atoms with Crippen LogP contribution in [0.4, 0.5) is 4.39 Å². The molecule has 0 amide bonds. The van der Waals surface area contributed by atoms with Crippen LogP contribution in [0.15, 0.2) is 55.3 Å². The Morgan fingerprint density at radius 1 is 1.31 bits per heavy atom. The summed E-state index contributed by atoms with van der Waals surface area (Å²) in [6.07, 6.45) is 4.87. The number of hydrogen-bond donors (Lipinski definition) is 1. The predicted octanol–water partition coefficient (Wildman–Crippen LogP) is 3.45. The van der Waals surface area contributed by atoms with Crippen LogP contribution in [0, 0.1) is 5.82 Å². The highest BCUT2D eigenvalue weighted by Gasteiger charge is 2.14. The van der Waals surface area contributed by atoms with Crippen molar-refractivity contribution in [3.8, 4) is 0 Å². The maximum atomic E-state index is 14.0. The number of ether oxygens (including phenoxy) is 1. The Balaban J connectivity index is 2.04. The molecule has 0 saturated carbocycles. The molecule has 5 heteroatoms. The van der Waals surface area contributed by atoms with E-state index in [2.05, 4.69) is 11.5 Å². The molecule has 0 fully saturated rings. The van der Waals surface area contributed by atoms with Crippen molar-refractivity contribution in [2.45, 2.75) is 32.0 Å². The van der Waals surface area contributed by atoms with Gasteiger partial charge in [-0.3, -0.25) is 4.90 Å². The number of aromatic nitrogens is 1. The lowest BCUT2D eigenvalue weighted by Gasteiger charge is -2.25. The third-order valence-electron chi connectivity index (χ3n) is 4.39. The first-order valence-electron chi connectivity index (χ1n) is 9.01. The van der Waals surface area contributed by atoms with Gasteiger partial charge in [0.05, 0.1) is 19.3 Å². The molecule has 142 valence electrons. The van der Waals surface area contributed by atoms with Crippen LogP contribution in [-0.2, 0) is 17.8 Å². The SMILES string of the molecule is C=CCC[C@H](O)CN(CCOC)Cc1cccn1Cc1ccccc1F. The number of aliphatic hydroxyl groups is 1. The molecule has 1 aromatic heterocycles. The van der Waals surface area contributed by atoms with Gasteiger partial charge in [-0.1, -0.05) is 24.3 Å². The summed E-state index contributed by atoms with van der Waals surface area (Å²) >= 11 is 0. The van der Waals surface area contributed by atoms with Crippen LogP contribution in [0.25, 0.3) is 0 Å². The molecule has 4 nitrogen and oxygen atoms in total. The van der Waals surface area contributed by atoms with E-state index in [1.807, 2.05) is 35.0 Å². The molecule has 0 saturated heterocycles. The molecule has 0 unspecified atom stereocenters. The second-order valence-corrected chi connectivity index (χ2v) is 6.47. The van der Waals surface area contributed by atoms with Crippen LogP contribution in [0.5, 0.6) is 0 Å².